The molecule has 0 aliphatic heterocycles. The van der Waals surface area contributed by atoms with Gasteiger partial charge >= 0.3 is 0 Å². The molecule has 0 radical (unpaired) electrons. The molecule has 0 aromatic carbocycles. The third kappa shape index (κ3) is 1.96. The summed E-state index contributed by atoms with van der Waals surface area (Å²) in [5.74, 6) is 0.833. The molecular weight excluding hydrogens is 134 g/mol. The number of rotatable bonds is 0. The second kappa shape index (κ2) is 2.48. The molecule has 0 aromatic rings. The maximum Gasteiger partial charge on any atom is 0.0131 e. The molecule has 0 bridgehead atoms. The van der Waals surface area contributed by atoms with Crippen LogP contribution in [0.5, 0.6) is 0 Å². The van der Waals surface area contributed by atoms with Crippen LogP contribution < -0.4 is 5.73 Å². The van der Waals surface area contributed by atoms with E-state index in [0.29, 0.717) is 5.41 Å². The van der Waals surface area contributed by atoms with Gasteiger partial charge in [-0.2, -0.15) is 0 Å². The summed E-state index contributed by atoms with van der Waals surface area (Å²) >= 11 is 0. The van der Waals surface area contributed by atoms with E-state index in [1.165, 1.54) is 19.3 Å². The van der Waals surface area contributed by atoms with Gasteiger partial charge in [0.05, 0.1) is 0 Å². The van der Waals surface area contributed by atoms with Crippen molar-refractivity contribution < 1.29 is 0 Å². The van der Waals surface area contributed by atoms with Gasteiger partial charge in [-0.15, -0.1) is 0 Å². The highest BCUT2D eigenvalue weighted by Crippen LogP contribution is 2.43. The van der Waals surface area contributed by atoms with Crippen LogP contribution in [0.3, 0.4) is 0 Å². The molecule has 11 heavy (non-hydrogen) atoms. The average molecular weight is 155 g/mol. The van der Waals surface area contributed by atoms with Gasteiger partial charge in [0.2, 0.25) is 0 Å². The van der Waals surface area contributed by atoms with Crippen molar-refractivity contribution in [3.63, 3.8) is 0 Å². The molecule has 0 spiro atoms. The summed E-state index contributed by atoms with van der Waals surface area (Å²) in [5, 5.41) is 0. The molecule has 1 fully saturated rings. The summed E-state index contributed by atoms with van der Waals surface area (Å²) in [4.78, 5) is 0. The summed E-state index contributed by atoms with van der Waals surface area (Å²) in [6.07, 6.45) is 3.65. The molecule has 66 valence electrons. The third-order valence-electron chi connectivity index (χ3n) is 3.34. The van der Waals surface area contributed by atoms with Crippen molar-refractivity contribution in [2.75, 3.05) is 0 Å². The van der Waals surface area contributed by atoms with E-state index < -0.39 is 0 Å². The zero-order chi connectivity index (χ0) is 8.70. The zero-order valence-electron chi connectivity index (χ0n) is 8.28. The van der Waals surface area contributed by atoms with E-state index in [1.54, 1.807) is 0 Å². The van der Waals surface area contributed by atoms with E-state index in [4.69, 9.17) is 5.73 Å². The highest BCUT2D eigenvalue weighted by atomic mass is 14.7. The molecule has 1 heteroatoms. The monoisotopic (exact) mass is 155 g/mol. The molecule has 1 nitrogen and oxygen atoms in total. The second-order valence-corrected chi connectivity index (χ2v) is 5.26. The van der Waals surface area contributed by atoms with Crippen LogP contribution in [0.4, 0.5) is 0 Å². The van der Waals surface area contributed by atoms with Gasteiger partial charge in [0, 0.05) is 5.54 Å². The Morgan fingerprint density at radius 2 is 1.82 bits per heavy atom. The Morgan fingerprint density at radius 3 is 2.18 bits per heavy atom. The van der Waals surface area contributed by atoms with Gasteiger partial charge < -0.3 is 5.73 Å². The van der Waals surface area contributed by atoms with Crippen molar-refractivity contribution >= 4 is 0 Å². The Hall–Kier alpha value is -0.0400. The lowest BCUT2D eigenvalue weighted by Crippen LogP contribution is -2.47. The van der Waals surface area contributed by atoms with Crippen LogP contribution in [0, 0.1) is 11.3 Å². The Balaban J connectivity index is 2.67. The summed E-state index contributed by atoms with van der Waals surface area (Å²) in [6.45, 7) is 9.19. The predicted molar refractivity (Wildman–Crippen MR) is 49.4 cm³/mol. The largest absolute Gasteiger partial charge is 0.325 e. The van der Waals surface area contributed by atoms with Crippen molar-refractivity contribution in [3.05, 3.63) is 0 Å². The molecule has 0 heterocycles. The molecular formula is C10H21N. The van der Waals surface area contributed by atoms with Crippen molar-refractivity contribution in [3.8, 4) is 0 Å². The number of hydrogen-bond acceptors (Lipinski definition) is 1. The van der Waals surface area contributed by atoms with E-state index in [1.807, 2.05) is 0 Å². The van der Waals surface area contributed by atoms with Gasteiger partial charge in [-0.25, -0.2) is 0 Å². The third-order valence-corrected chi connectivity index (χ3v) is 3.34. The fourth-order valence-corrected chi connectivity index (χ4v) is 2.24. The second-order valence-electron chi connectivity index (χ2n) is 5.26. The maximum atomic E-state index is 6.12. The summed E-state index contributed by atoms with van der Waals surface area (Å²) in [5.41, 5.74) is 6.66. The van der Waals surface area contributed by atoms with Crippen LogP contribution in [0.1, 0.15) is 47.0 Å². The molecule has 1 saturated carbocycles. The fourth-order valence-electron chi connectivity index (χ4n) is 2.24. The Kier molecular flexibility index (Phi) is 2.04. The molecule has 1 aliphatic carbocycles. The van der Waals surface area contributed by atoms with Crippen molar-refractivity contribution in [1.82, 2.24) is 0 Å². The Labute approximate surface area is 70.4 Å². The van der Waals surface area contributed by atoms with Crippen molar-refractivity contribution in [2.45, 2.75) is 52.5 Å². The smallest absolute Gasteiger partial charge is 0.0131 e. The topological polar surface area (TPSA) is 26.0 Å². The number of hydrogen-bond donors (Lipinski definition) is 1. The van der Waals surface area contributed by atoms with Crippen molar-refractivity contribution in [2.24, 2.45) is 17.1 Å². The lowest BCUT2D eigenvalue weighted by molar-refractivity contribution is 0.0964. The maximum absolute atomic E-state index is 6.12. The van der Waals surface area contributed by atoms with E-state index in [9.17, 15) is 0 Å². The summed E-state index contributed by atoms with van der Waals surface area (Å²) in [6, 6.07) is 0. The van der Waals surface area contributed by atoms with Crippen molar-refractivity contribution in [1.29, 1.82) is 0 Å². The van der Waals surface area contributed by atoms with Crippen LogP contribution in [-0.4, -0.2) is 5.54 Å². The molecule has 0 saturated heterocycles. The molecule has 0 aromatic heterocycles. The fraction of sp³-hybridized carbons (Fsp3) is 1.00. The highest BCUT2D eigenvalue weighted by Gasteiger charge is 2.38. The highest BCUT2D eigenvalue weighted by molar-refractivity contribution is 4.93. The van der Waals surface area contributed by atoms with Gasteiger partial charge in [0.15, 0.2) is 0 Å². The first-order valence-corrected chi connectivity index (χ1v) is 4.62. The minimum absolute atomic E-state index is 0.0933. The first-order valence-electron chi connectivity index (χ1n) is 4.62. The minimum atomic E-state index is 0.0933. The lowest BCUT2D eigenvalue weighted by Gasteiger charge is -2.45. The van der Waals surface area contributed by atoms with Gasteiger partial charge in [-0.05, 0) is 37.5 Å². The first-order chi connectivity index (χ1) is 4.83. The average Bonchev–Trinajstić information content (AvgIpc) is 1.77. The molecule has 1 rings (SSSR count). The molecule has 1 aliphatic rings. The van der Waals surface area contributed by atoms with Crippen LogP contribution in [0.2, 0.25) is 0 Å². The normalized spacial score (nSPS) is 43.9. The van der Waals surface area contributed by atoms with E-state index in [-0.39, 0.29) is 5.54 Å². The van der Waals surface area contributed by atoms with Crippen LogP contribution in [-0.2, 0) is 0 Å². The van der Waals surface area contributed by atoms with Gasteiger partial charge in [0.1, 0.15) is 0 Å². The lowest BCUT2D eigenvalue weighted by atomic mass is 9.64. The van der Waals surface area contributed by atoms with E-state index in [0.717, 1.165) is 5.92 Å². The molecule has 2 atom stereocenters. The van der Waals surface area contributed by atoms with E-state index >= 15 is 0 Å². The Bertz CT molecular complexity index is 147. The standard InChI is InChI=1S/C10H21N/c1-8-5-6-10(4,11)7-9(8,2)3/h8H,5-7,11H2,1-4H3. The molecule has 2 unspecified atom stereocenters. The van der Waals surface area contributed by atoms with Crippen LogP contribution in [0.15, 0.2) is 0 Å². The quantitative estimate of drug-likeness (QED) is 0.571. The number of nitrogens with two attached hydrogens (primary N) is 1. The first kappa shape index (κ1) is 9.05. The van der Waals surface area contributed by atoms with Gasteiger partial charge in [-0.1, -0.05) is 20.8 Å². The Morgan fingerprint density at radius 1 is 1.27 bits per heavy atom. The van der Waals surface area contributed by atoms with Gasteiger partial charge in [-0.3, -0.25) is 0 Å². The minimum Gasteiger partial charge on any atom is -0.325 e. The van der Waals surface area contributed by atoms with Gasteiger partial charge in [0.25, 0.3) is 0 Å². The van der Waals surface area contributed by atoms with E-state index in [2.05, 4.69) is 27.7 Å². The van der Waals surface area contributed by atoms with Crippen LogP contribution >= 0.6 is 0 Å². The van der Waals surface area contributed by atoms with Crippen LogP contribution in [0.25, 0.3) is 0 Å². The predicted octanol–water partition coefficient (Wildman–Crippen LogP) is 2.55. The molecule has 2 N–H and O–H groups in total. The molecule has 0 amide bonds. The summed E-state index contributed by atoms with van der Waals surface area (Å²) in [7, 11) is 0. The summed E-state index contributed by atoms with van der Waals surface area (Å²) < 4.78 is 0. The SMILES string of the molecule is CC1CCC(C)(N)CC1(C)C. The zero-order valence-corrected chi connectivity index (χ0v) is 8.28.